The fraction of sp³-hybridized carbons (Fsp3) is 0.641. The highest BCUT2D eigenvalue weighted by Crippen LogP contribution is 2.04. The first-order valence-corrected chi connectivity index (χ1v) is 38.0. The second-order valence-electron chi connectivity index (χ2n) is 24.2. The number of nitrogens with zero attached hydrogens (tertiary/aromatic N) is 10. The summed E-state index contributed by atoms with van der Waals surface area (Å²) >= 11 is 0. The van der Waals surface area contributed by atoms with E-state index in [1.807, 2.05) is 30.3 Å². The third kappa shape index (κ3) is 124. The number of hydrogen-bond donors (Lipinski definition) is 26. The molecule has 0 saturated heterocycles. The van der Waals surface area contributed by atoms with Crippen LogP contribution in [0.4, 0.5) is 0 Å². The number of amides is 1. The SMILES string of the molecule is CN(C)CC(=O)O.CN(CC(=O)O)CC(=O)O.NC(=O)CN(CC(=O)O)CC(=O)O.O.O=C(O)CCN(CC(=O)O)CC(=O)O.O=C(O)CN(CC(=O)O)CC(=O)O.O=C(O)CN(CC(=O)O)Cc1ccccc1.O=C(O)CN(CCO)CC(=O)O.O=C(O)CN(CCO)CCO.O=S(=O)(O)CCCN(CCO)CCO.O=S(=O)(O)CCN(CCO)CCO. The van der Waals surface area contributed by atoms with Crippen molar-refractivity contribution in [3.63, 3.8) is 0 Å². The summed E-state index contributed by atoms with van der Waals surface area (Å²) < 4.78 is 58.3. The summed E-state index contributed by atoms with van der Waals surface area (Å²) in [5, 5.41) is 193. The topological polar surface area (TPSA) is 954 Å². The van der Waals surface area contributed by atoms with Gasteiger partial charge in [-0.3, -0.25) is 140 Å². The molecule has 724 valence electrons. The largest absolute Gasteiger partial charge is 0.481 e. The van der Waals surface area contributed by atoms with Gasteiger partial charge in [-0.05, 0) is 39.7 Å². The lowest BCUT2D eigenvalue weighted by molar-refractivity contribution is -0.147. The van der Waals surface area contributed by atoms with Gasteiger partial charge in [-0.2, -0.15) is 16.8 Å². The number of aliphatic hydroxyl groups is 7. The van der Waals surface area contributed by atoms with Crippen molar-refractivity contribution in [2.75, 3.05) is 249 Å². The number of nitrogens with two attached hydrogens (primary N) is 1. The molecule has 124 heavy (non-hydrogen) atoms. The van der Waals surface area contributed by atoms with Gasteiger partial charge in [0.25, 0.3) is 20.2 Å². The predicted octanol–water partition coefficient (Wildman–Crippen LogP) is -12.5. The normalized spacial score (nSPS) is 10.5. The van der Waals surface area contributed by atoms with Gasteiger partial charge in [-0.25, -0.2) is 0 Å². The fourth-order valence-electron chi connectivity index (χ4n) is 7.98. The highest BCUT2D eigenvalue weighted by molar-refractivity contribution is 7.86. The number of carbonyl (C=O) groups excluding carboxylic acids is 1. The molecule has 0 atom stereocenters. The van der Waals surface area contributed by atoms with Gasteiger partial charge in [0.05, 0.1) is 169 Å². The molecule has 29 N–H and O–H groups in total. The molecule has 0 unspecified atom stereocenters. The van der Waals surface area contributed by atoms with Gasteiger partial charge in [-0.1, -0.05) is 30.3 Å². The van der Waals surface area contributed by atoms with Gasteiger partial charge in [0.2, 0.25) is 5.91 Å². The molecule has 0 aliphatic carbocycles. The Morgan fingerprint density at radius 2 is 0.508 bits per heavy atom. The van der Waals surface area contributed by atoms with E-state index in [2.05, 4.69) is 0 Å². The van der Waals surface area contributed by atoms with Crippen molar-refractivity contribution in [1.29, 1.82) is 0 Å². The molecular weight excluding hydrogens is 1740 g/mol. The van der Waals surface area contributed by atoms with E-state index in [1.165, 1.54) is 21.7 Å². The third-order valence-corrected chi connectivity index (χ3v) is 13.8. The molecule has 1 aromatic carbocycles. The van der Waals surface area contributed by atoms with Crippen LogP contribution in [0, 0.1) is 0 Å². The molecule has 0 aliphatic heterocycles. The van der Waals surface area contributed by atoms with Crippen molar-refractivity contribution in [1.82, 2.24) is 49.0 Å². The van der Waals surface area contributed by atoms with Gasteiger partial charge >= 0.3 is 95.5 Å². The number of hydrogen-bond acceptors (Lipinski definition) is 38. The Balaban J connectivity index is -0.000000146. The average molecular weight is 1860 g/mol. The van der Waals surface area contributed by atoms with Crippen molar-refractivity contribution < 1.29 is 230 Å². The van der Waals surface area contributed by atoms with Crippen LogP contribution in [-0.4, -0.2) is 548 Å². The lowest BCUT2D eigenvalue weighted by Gasteiger charge is -2.19. The van der Waals surface area contributed by atoms with Crippen molar-refractivity contribution in [2.24, 2.45) is 5.73 Å². The van der Waals surface area contributed by atoms with E-state index in [9.17, 15) is 98.3 Å². The number of carboxylic acid groups (broad SMARTS) is 16. The maximum atomic E-state index is 10.5. The van der Waals surface area contributed by atoms with E-state index < -0.39 is 167 Å². The van der Waals surface area contributed by atoms with Crippen molar-refractivity contribution in [2.45, 2.75) is 19.4 Å². The summed E-state index contributed by atoms with van der Waals surface area (Å²) in [5.41, 5.74) is 5.67. The zero-order valence-electron chi connectivity index (χ0n) is 67.9. The highest BCUT2D eigenvalue weighted by atomic mass is 32.2. The fourth-order valence-corrected chi connectivity index (χ4v) is 8.96. The molecule has 0 fully saturated rings. The smallest absolute Gasteiger partial charge is 0.317 e. The number of benzene rings is 1. The van der Waals surface area contributed by atoms with Gasteiger partial charge in [-0.15, -0.1) is 0 Å². The van der Waals surface area contributed by atoms with Crippen LogP contribution in [0.25, 0.3) is 0 Å². The molecule has 0 aromatic heterocycles. The average Bonchev–Trinajstić information content (AvgIpc) is 0.913. The number of carbonyl (C=O) groups is 17. The van der Waals surface area contributed by atoms with Crippen LogP contribution in [0.3, 0.4) is 0 Å². The zero-order chi connectivity index (χ0) is 97.6. The first kappa shape index (κ1) is 134. The van der Waals surface area contributed by atoms with Gasteiger partial charge in [0.15, 0.2) is 0 Å². The van der Waals surface area contributed by atoms with Crippen LogP contribution < -0.4 is 5.73 Å². The summed E-state index contributed by atoms with van der Waals surface area (Å²) in [7, 11) is -3.00. The molecule has 1 rings (SSSR count). The summed E-state index contributed by atoms with van der Waals surface area (Å²) in [4.78, 5) is 186. The van der Waals surface area contributed by atoms with Crippen LogP contribution in [0.1, 0.15) is 18.4 Å². The second kappa shape index (κ2) is 84.5. The van der Waals surface area contributed by atoms with Crippen LogP contribution in [0.5, 0.6) is 0 Å². The number of aliphatic hydroxyl groups excluding tert-OH is 7. The Morgan fingerprint density at radius 1 is 0.274 bits per heavy atom. The number of primary amides is 1. The number of rotatable bonds is 58. The summed E-state index contributed by atoms with van der Waals surface area (Å²) in [5.74, 6) is -19.2. The Kier molecular flexibility index (Phi) is 91.3. The lowest BCUT2D eigenvalue weighted by Crippen LogP contribution is -2.40. The molecular formula is C64H119N11O47S2. The monoisotopic (exact) mass is 1860 g/mol. The van der Waals surface area contributed by atoms with Crippen molar-refractivity contribution in [3.8, 4) is 0 Å². The molecule has 1 amide bonds. The van der Waals surface area contributed by atoms with E-state index in [1.54, 1.807) is 28.8 Å². The minimum Gasteiger partial charge on any atom is -0.481 e. The zero-order valence-corrected chi connectivity index (χ0v) is 69.5. The van der Waals surface area contributed by atoms with Gasteiger partial charge in [0, 0.05) is 65.4 Å². The molecule has 58 nitrogen and oxygen atoms in total. The lowest BCUT2D eigenvalue weighted by atomic mass is 10.2. The van der Waals surface area contributed by atoms with E-state index in [4.69, 9.17) is 132 Å². The van der Waals surface area contributed by atoms with E-state index >= 15 is 0 Å². The molecule has 0 radical (unpaired) electrons. The maximum absolute atomic E-state index is 10.5. The van der Waals surface area contributed by atoms with E-state index in [-0.39, 0.29) is 174 Å². The van der Waals surface area contributed by atoms with Gasteiger partial charge < -0.3 is 129 Å². The van der Waals surface area contributed by atoms with E-state index in [0.29, 0.717) is 32.6 Å². The Hall–Kier alpha value is -10.7. The molecule has 0 aliphatic rings. The number of aliphatic carboxylic acids is 16. The van der Waals surface area contributed by atoms with Crippen LogP contribution in [0.15, 0.2) is 30.3 Å². The van der Waals surface area contributed by atoms with Crippen molar-refractivity contribution in [3.05, 3.63) is 35.9 Å². The molecule has 0 spiro atoms. The molecule has 60 heteroatoms. The molecule has 0 saturated carbocycles. The predicted molar refractivity (Wildman–Crippen MR) is 419 cm³/mol. The maximum Gasteiger partial charge on any atom is 0.317 e. The minimum atomic E-state index is -3.96. The third-order valence-electron chi connectivity index (χ3n) is 12.3. The summed E-state index contributed by atoms with van der Waals surface area (Å²) in [6.45, 7) is -3.91. The van der Waals surface area contributed by atoms with Crippen LogP contribution in [0.2, 0.25) is 0 Å². The van der Waals surface area contributed by atoms with Crippen LogP contribution >= 0.6 is 0 Å². The second-order valence-corrected chi connectivity index (χ2v) is 27.4. The first-order valence-electron chi connectivity index (χ1n) is 34.8. The number of carboxylic acids is 16. The Bertz CT molecular complexity index is 3220. The molecule has 0 bridgehead atoms. The minimum absolute atomic E-state index is 0. The van der Waals surface area contributed by atoms with Gasteiger partial charge in [0.1, 0.15) is 0 Å². The highest BCUT2D eigenvalue weighted by Gasteiger charge is 2.20. The number of likely N-dealkylation sites (N-methyl/N-ethyl adjacent to an activating group) is 2. The first-order chi connectivity index (χ1) is 56.7. The van der Waals surface area contributed by atoms with Crippen molar-refractivity contribution >= 4 is 122 Å². The molecule has 0 heterocycles. The summed E-state index contributed by atoms with van der Waals surface area (Å²) in [6, 6.07) is 9.17. The Labute approximate surface area is 708 Å². The molecule has 1 aromatic rings. The quantitative estimate of drug-likeness (QED) is 0.0269. The Morgan fingerprint density at radius 3 is 0.750 bits per heavy atom. The van der Waals surface area contributed by atoms with E-state index in [0.717, 1.165) is 25.2 Å². The van der Waals surface area contributed by atoms with Crippen LogP contribution in [-0.2, 0) is 108 Å². The standard InChI is InChI=1S/C11H13NO4.C7H11NO6.C7H17NO5S.C6H10N2O5.C6H9NO6.C6H15NO5S.C6H11NO5.C6H13NO4.C5H9NO4.C4H9NO2.H2O/c13-10(14)7-12(8-11(15)16)6-9-4-2-1-3-5-9;9-5(10)1-2-8(3-6(11)12)4-7(13)14;9-5-3-8(4-6-10)2-1-7-14(11,12)13;7-4(9)1-8(2-5(10)11)3-6(12)13;8-4(9)1-7(2-5(10)11)3-6(12)13;8-4-1-7(2-5-9)3-6-13(10,11)12;8-2-1-7(3-5(9)10)4-6(11)12;8-3-1-7(2-4-9)5-6(10)11;1-6(2-4(7)8)3-5(9)10;1-5(2)3-4(6)7;/h1-5H,6-8H2,(H,13,14)(H,15,16);1-4H2,(H,9,10)(H,11,12)(H,13,14);9-10H,1-7H2,(H,11,12,13);1-3H2,(H2,7,9)(H,10,11)(H,12,13);1-3H2,(H,8,9)(H,10,11)(H,12,13);8-9H,1-6H2,(H,10,11,12);8H,1-4H2,(H,9,10)(H,11,12);8-9H,1-5H2,(H,10,11);2-3H2,1H3,(H,7,8)(H,9,10);3H2,1-2H3,(H,6,7);1H2. The summed E-state index contributed by atoms with van der Waals surface area (Å²) in [6.07, 6.45) is 0.0133.